The van der Waals surface area contributed by atoms with Crippen LogP contribution in [-0.4, -0.2) is 10.2 Å². The fraction of sp³-hybridized carbons (Fsp3) is 0.273. The molecule has 0 aliphatic heterocycles. The van der Waals surface area contributed by atoms with E-state index in [0.717, 1.165) is 5.56 Å². The van der Waals surface area contributed by atoms with Gasteiger partial charge in [0.2, 0.25) is 0 Å². The van der Waals surface area contributed by atoms with Crippen molar-refractivity contribution in [3.8, 4) is 6.07 Å². The second-order valence-electron chi connectivity index (χ2n) is 3.73. The highest BCUT2D eigenvalue weighted by Gasteiger charge is 2.15. The van der Waals surface area contributed by atoms with Crippen LogP contribution in [0.1, 0.15) is 31.0 Å². The zero-order valence-electron chi connectivity index (χ0n) is 8.50. The number of nitrogens with one attached hydrogen (secondary N) is 1. The summed E-state index contributed by atoms with van der Waals surface area (Å²) in [6.45, 7) is 4.00. The predicted octanol–water partition coefficient (Wildman–Crippen LogP) is 2.70. The molecule has 0 fully saturated rings. The quantitative estimate of drug-likeness (QED) is 0.774. The number of H-pyrrole nitrogens is 1. The second-order valence-corrected chi connectivity index (χ2v) is 3.73. The number of rotatable bonds is 1. The number of aromatic nitrogens is 2. The van der Waals surface area contributed by atoms with Crippen molar-refractivity contribution in [1.82, 2.24) is 10.2 Å². The molecule has 0 aliphatic rings. The zero-order chi connectivity index (χ0) is 11.0. The molecular formula is C11H10FN3. The van der Waals surface area contributed by atoms with Crippen LogP contribution in [0.2, 0.25) is 0 Å². The van der Waals surface area contributed by atoms with Crippen molar-refractivity contribution in [2.45, 2.75) is 19.8 Å². The number of aromatic amines is 1. The van der Waals surface area contributed by atoms with Crippen molar-refractivity contribution in [2.24, 2.45) is 0 Å². The topological polar surface area (TPSA) is 52.5 Å². The van der Waals surface area contributed by atoms with Crippen LogP contribution >= 0.6 is 0 Å². The van der Waals surface area contributed by atoms with E-state index in [2.05, 4.69) is 10.2 Å². The van der Waals surface area contributed by atoms with E-state index in [1.54, 1.807) is 6.07 Å². The molecule has 4 heteroatoms. The maximum Gasteiger partial charge on any atom is 0.170 e. The molecule has 0 radical (unpaired) electrons. The molecule has 1 aromatic carbocycles. The molecule has 0 bridgehead atoms. The van der Waals surface area contributed by atoms with Gasteiger partial charge in [-0.15, -0.1) is 0 Å². The molecule has 0 aliphatic carbocycles. The Labute approximate surface area is 86.5 Å². The summed E-state index contributed by atoms with van der Waals surface area (Å²) in [5.41, 5.74) is 1.52. The van der Waals surface area contributed by atoms with Crippen LogP contribution in [-0.2, 0) is 0 Å². The number of nitriles is 1. The predicted molar refractivity (Wildman–Crippen MR) is 54.9 cm³/mol. The molecule has 0 saturated carbocycles. The number of fused-ring (bicyclic) bond motifs is 1. The van der Waals surface area contributed by atoms with E-state index in [4.69, 9.17) is 5.26 Å². The Morgan fingerprint density at radius 2 is 2.20 bits per heavy atom. The van der Waals surface area contributed by atoms with Gasteiger partial charge in [0, 0.05) is 5.39 Å². The third-order valence-corrected chi connectivity index (χ3v) is 2.43. The highest BCUT2D eigenvalue weighted by molar-refractivity contribution is 5.87. The number of benzene rings is 1. The fourth-order valence-electron chi connectivity index (χ4n) is 1.69. The minimum Gasteiger partial charge on any atom is -0.273 e. The normalized spacial score (nSPS) is 10.9. The molecule has 2 rings (SSSR count). The minimum atomic E-state index is -0.372. The van der Waals surface area contributed by atoms with Gasteiger partial charge in [-0.1, -0.05) is 19.9 Å². The first-order valence-corrected chi connectivity index (χ1v) is 4.71. The molecule has 3 nitrogen and oxygen atoms in total. The SMILES string of the molecule is CC(C)c1ccc(F)c2[nH]nc(C#N)c12. The molecule has 1 aromatic heterocycles. The molecule has 0 atom stereocenters. The molecule has 0 unspecified atom stereocenters. The molecule has 0 amide bonds. The summed E-state index contributed by atoms with van der Waals surface area (Å²) in [5.74, 6) is -0.138. The number of nitrogens with zero attached hydrogens (tertiary/aromatic N) is 2. The largest absolute Gasteiger partial charge is 0.273 e. The summed E-state index contributed by atoms with van der Waals surface area (Å²) in [6, 6.07) is 5.07. The summed E-state index contributed by atoms with van der Waals surface area (Å²) in [7, 11) is 0. The van der Waals surface area contributed by atoms with Crippen LogP contribution in [0, 0.1) is 17.1 Å². The Morgan fingerprint density at radius 1 is 1.47 bits per heavy atom. The average molecular weight is 203 g/mol. The number of hydrogen-bond donors (Lipinski definition) is 1. The van der Waals surface area contributed by atoms with Gasteiger partial charge in [0.25, 0.3) is 0 Å². The van der Waals surface area contributed by atoms with Gasteiger partial charge in [-0.2, -0.15) is 10.4 Å². The van der Waals surface area contributed by atoms with Crippen molar-refractivity contribution in [1.29, 1.82) is 5.26 Å². The molecule has 76 valence electrons. The van der Waals surface area contributed by atoms with Crippen molar-refractivity contribution < 1.29 is 4.39 Å². The van der Waals surface area contributed by atoms with Gasteiger partial charge in [-0.3, -0.25) is 5.10 Å². The Bertz CT molecular complexity index is 549. The van der Waals surface area contributed by atoms with E-state index in [1.807, 2.05) is 19.9 Å². The molecule has 0 saturated heterocycles. The lowest BCUT2D eigenvalue weighted by Crippen LogP contribution is -1.91. The van der Waals surface area contributed by atoms with Gasteiger partial charge in [0.15, 0.2) is 5.69 Å². The fourth-order valence-corrected chi connectivity index (χ4v) is 1.69. The van der Waals surface area contributed by atoms with Crippen molar-refractivity contribution in [3.05, 3.63) is 29.2 Å². The maximum atomic E-state index is 13.4. The molecule has 15 heavy (non-hydrogen) atoms. The first kappa shape index (κ1) is 9.66. The van der Waals surface area contributed by atoms with E-state index in [0.29, 0.717) is 10.9 Å². The molecule has 0 spiro atoms. The van der Waals surface area contributed by atoms with E-state index >= 15 is 0 Å². The second kappa shape index (κ2) is 3.35. The molecule has 1 heterocycles. The lowest BCUT2D eigenvalue weighted by Gasteiger charge is -2.06. The van der Waals surface area contributed by atoms with Crippen LogP contribution in [0.3, 0.4) is 0 Å². The Morgan fingerprint density at radius 3 is 2.80 bits per heavy atom. The van der Waals surface area contributed by atoms with Crippen LogP contribution in [0.4, 0.5) is 4.39 Å². The van der Waals surface area contributed by atoms with Crippen LogP contribution in [0.25, 0.3) is 10.9 Å². The van der Waals surface area contributed by atoms with Crippen molar-refractivity contribution >= 4 is 10.9 Å². The number of halogens is 1. The van der Waals surface area contributed by atoms with Gasteiger partial charge in [-0.05, 0) is 17.5 Å². The van der Waals surface area contributed by atoms with Crippen LogP contribution < -0.4 is 0 Å². The van der Waals surface area contributed by atoms with Gasteiger partial charge in [-0.25, -0.2) is 4.39 Å². The van der Waals surface area contributed by atoms with Crippen molar-refractivity contribution in [3.63, 3.8) is 0 Å². The third-order valence-electron chi connectivity index (χ3n) is 2.43. The smallest absolute Gasteiger partial charge is 0.170 e. The van der Waals surface area contributed by atoms with E-state index in [-0.39, 0.29) is 17.4 Å². The first-order chi connectivity index (χ1) is 7.15. The van der Waals surface area contributed by atoms with Crippen LogP contribution in [0.5, 0.6) is 0 Å². The highest BCUT2D eigenvalue weighted by atomic mass is 19.1. The zero-order valence-corrected chi connectivity index (χ0v) is 8.50. The van der Waals surface area contributed by atoms with Crippen molar-refractivity contribution in [2.75, 3.05) is 0 Å². The van der Waals surface area contributed by atoms with E-state index in [1.165, 1.54) is 6.07 Å². The highest BCUT2D eigenvalue weighted by Crippen LogP contribution is 2.28. The average Bonchev–Trinajstić information content (AvgIpc) is 2.62. The lowest BCUT2D eigenvalue weighted by atomic mass is 9.98. The van der Waals surface area contributed by atoms with Gasteiger partial charge in [0.1, 0.15) is 17.4 Å². The van der Waals surface area contributed by atoms with Gasteiger partial charge in [0.05, 0.1) is 0 Å². The third kappa shape index (κ3) is 1.37. The molecular weight excluding hydrogens is 193 g/mol. The molecule has 1 N–H and O–H groups in total. The lowest BCUT2D eigenvalue weighted by molar-refractivity contribution is 0.635. The Hall–Kier alpha value is -1.89. The number of hydrogen-bond acceptors (Lipinski definition) is 2. The summed E-state index contributed by atoms with van der Waals surface area (Å²) in [6.07, 6.45) is 0. The standard InChI is InChI=1S/C11H10FN3/c1-6(2)7-3-4-8(12)11-10(7)9(5-13)14-15-11/h3-4,6H,1-2H3,(H,14,15). The molecule has 2 aromatic rings. The maximum absolute atomic E-state index is 13.4. The van der Waals surface area contributed by atoms with E-state index in [9.17, 15) is 4.39 Å². The first-order valence-electron chi connectivity index (χ1n) is 4.71. The summed E-state index contributed by atoms with van der Waals surface area (Å²) < 4.78 is 13.4. The van der Waals surface area contributed by atoms with Gasteiger partial charge < -0.3 is 0 Å². The monoisotopic (exact) mass is 203 g/mol. The summed E-state index contributed by atoms with van der Waals surface area (Å²) >= 11 is 0. The summed E-state index contributed by atoms with van der Waals surface area (Å²) in [5, 5.41) is 15.8. The van der Waals surface area contributed by atoms with Gasteiger partial charge >= 0.3 is 0 Å². The summed E-state index contributed by atoms with van der Waals surface area (Å²) in [4.78, 5) is 0. The minimum absolute atomic E-state index is 0.234. The Kier molecular flexibility index (Phi) is 2.16. The Balaban J connectivity index is 2.89. The van der Waals surface area contributed by atoms with Crippen LogP contribution in [0.15, 0.2) is 12.1 Å². The van der Waals surface area contributed by atoms with E-state index < -0.39 is 0 Å².